The second-order valence-corrected chi connectivity index (χ2v) is 13.3. The number of aliphatic imine (C=N–C) groups is 1. The topological polar surface area (TPSA) is 158 Å². The molecule has 4 amide bonds. The van der Waals surface area contributed by atoms with Crippen LogP contribution in [-0.4, -0.2) is 104 Å². The fourth-order valence-electron chi connectivity index (χ4n) is 5.91. The van der Waals surface area contributed by atoms with Crippen LogP contribution in [0.3, 0.4) is 0 Å². The monoisotopic (exact) mass is 647 g/mol. The van der Waals surface area contributed by atoms with E-state index in [1.165, 1.54) is 23.2 Å². The lowest BCUT2D eigenvalue weighted by molar-refractivity contribution is -0.140. The summed E-state index contributed by atoms with van der Waals surface area (Å²) >= 11 is 0. The Bertz CT molecular complexity index is 1700. The van der Waals surface area contributed by atoms with Gasteiger partial charge < -0.3 is 24.4 Å². The summed E-state index contributed by atoms with van der Waals surface area (Å²) in [5.41, 5.74) is 1.67. The lowest BCUT2D eigenvalue weighted by Gasteiger charge is -2.25. The fourth-order valence-corrected chi connectivity index (χ4v) is 7.05. The minimum atomic E-state index is -1.06. The largest absolute Gasteiger partial charge is 0.461 e. The van der Waals surface area contributed by atoms with Gasteiger partial charge in [-0.3, -0.25) is 33.7 Å². The van der Waals surface area contributed by atoms with Crippen molar-refractivity contribution in [2.75, 3.05) is 49.7 Å². The van der Waals surface area contributed by atoms with Crippen molar-refractivity contribution in [2.45, 2.75) is 45.1 Å². The number of carbonyl (C=O) groups excluding carboxylic acids is 4. The minimum absolute atomic E-state index is 0.0144. The number of carbonyl (C=O) groups is 4. The predicted molar refractivity (Wildman–Crippen MR) is 173 cm³/mol. The number of nitrogens with zero attached hydrogens (tertiary/aromatic N) is 5. The molecule has 0 radical (unpaired) electrons. The zero-order valence-electron chi connectivity index (χ0n) is 25.7. The van der Waals surface area contributed by atoms with Crippen molar-refractivity contribution in [1.29, 1.82) is 0 Å². The van der Waals surface area contributed by atoms with Crippen molar-refractivity contribution >= 4 is 57.0 Å². The fraction of sp³-hybridized carbons (Fsp3) is 0.438. The zero-order chi connectivity index (χ0) is 32.2. The lowest BCUT2D eigenvalue weighted by atomic mass is 10.1. The number of benzene rings is 1. The summed E-state index contributed by atoms with van der Waals surface area (Å²) in [6, 6.07) is 9.50. The van der Waals surface area contributed by atoms with E-state index in [0.717, 1.165) is 36.8 Å². The molecule has 3 saturated heterocycles. The predicted octanol–water partition coefficient (Wildman–Crippen LogP) is 2.50. The van der Waals surface area contributed by atoms with E-state index in [1.54, 1.807) is 15.9 Å². The van der Waals surface area contributed by atoms with Gasteiger partial charge in [0.15, 0.2) is 0 Å². The number of anilines is 1. The normalized spacial score (nSPS) is 20.7. The van der Waals surface area contributed by atoms with Gasteiger partial charge in [-0.25, -0.2) is 4.99 Å². The number of nitrogens with one attached hydrogen (secondary N) is 2. The van der Waals surface area contributed by atoms with E-state index in [4.69, 9.17) is 9.41 Å². The molecule has 13 nitrogen and oxygen atoms in total. The third-order valence-electron chi connectivity index (χ3n) is 8.38. The van der Waals surface area contributed by atoms with E-state index in [2.05, 4.69) is 15.6 Å². The summed E-state index contributed by atoms with van der Waals surface area (Å²) in [7, 11) is -1.06. The third-order valence-corrected chi connectivity index (χ3v) is 9.61. The molecular formula is C32H37N7O6S. The summed E-state index contributed by atoms with van der Waals surface area (Å²) in [6.07, 6.45) is 5.20. The Balaban J connectivity index is 1.22. The number of hydrogen-bond acceptors (Lipinski definition) is 8. The third kappa shape index (κ3) is 7.27. The van der Waals surface area contributed by atoms with Crippen LogP contribution in [-0.2, 0) is 20.4 Å². The second-order valence-electron chi connectivity index (χ2n) is 11.8. The van der Waals surface area contributed by atoms with Crippen LogP contribution in [0.15, 0.2) is 52.0 Å². The number of pyridine rings is 1. The van der Waals surface area contributed by atoms with Crippen LogP contribution < -0.4 is 10.6 Å². The molecule has 2 atom stereocenters. The van der Waals surface area contributed by atoms with Gasteiger partial charge in [0.1, 0.15) is 23.1 Å². The van der Waals surface area contributed by atoms with E-state index in [0.29, 0.717) is 49.6 Å². The smallest absolute Gasteiger partial charge is 0.273 e. The van der Waals surface area contributed by atoms with Crippen molar-refractivity contribution in [3.8, 4) is 0 Å². The number of furan rings is 1. The summed E-state index contributed by atoms with van der Waals surface area (Å²) in [6.45, 7) is 4.17. The number of fused-ring (bicyclic) bond motifs is 1. The molecule has 0 saturated carbocycles. The first-order valence-electron chi connectivity index (χ1n) is 15.6. The molecule has 14 heteroatoms. The van der Waals surface area contributed by atoms with Gasteiger partial charge >= 0.3 is 0 Å². The van der Waals surface area contributed by atoms with Gasteiger partial charge in [0.25, 0.3) is 11.8 Å². The molecule has 3 fully saturated rings. The van der Waals surface area contributed by atoms with Crippen LogP contribution in [0.1, 0.15) is 58.7 Å². The van der Waals surface area contributed by atoms with Crippen molar-refractivity contribution < 1.29 is 27.8 Å². The lowest BCUT2D eigenvalue weighted by Crippen LogP contribution is -2.45. The average molecular weight is 648 g/mol. The van der Waals surface area contributed by atoms with Gasteiger partial charge in [0, 0.05) is 60.0 Å². The number of hydrogen-bond donors (Lipinski definition) is 2. The first kappa shape index (κ1) is 31.4. The Hall–Kier alpha value is -4.59. The van der Waals surface area contributed by atoms with Gasteiger partial charge in [-0.2, -0.15) is 0 Å². The molecule has 6 rings (SSSR count). The molecule has 1 aromatic carbocycles. The molecule has 2 N–H and O–H groups in total. The van der Waals surface area contributed by atoms with Crippen molar-refractivity contribution in [3.63, 3.8) is 0 Å². The molecule has 46 heavy (non-hydrogen) atoms. The van der Waals surface area contributed by atoms with E-state index in [-0.39, 0.29) is 47.4 Å². The summed E-state index contributed by atoms with van der Waals surface area (Å²) in [5, 5.41) is 6.81. The second kappa shape index (κ2) is 13.8. The number of likely N-dealkylation sites (tertiary alicyclic amines) is 2. The quantitative estimate of drug-likeness (QED) is 0.305. The van der Waals surface area contributed by atoms with Crippen LogP contribution in [0, 0.1) is 6.92 Å². The highest BCUT2D eigenvalue weighted by molar-refractivity contribution is 7.85. The van der Waals surface area contributed by atoms with Crippen LogP contribution in [0.4, 0.5) is 5.69 Å². The summed E-state index contributed by atoms with van der Waals surface area (Å²) in [4.78, 5) is 66.5. The van der Waals surface area contributed by atoms with Crippen LogP contribution in [0.2, 0.25) is 0 Å². The summed E-state index contributed by atoms with van der Waals surface area (Å²) in [5.74, 6) is 0.232. The van der Waals surface area contributed by atoms with Crippen molar-refractivity contribution in [3.05, 3.63) is 59.6 Å². The first-order valence-corrected chi connectivity index (χ1v) is 17.1. The van der Waals surface area contributed by atoms with Crippen LogP contribution >= 0.6 is 0 Å². The molecule has 3 aliphatic heterocycles. The Morgan fingerprint density at radius 1 is 1.02 bits per heavy atom. The molecule has 3 aliphatic rings. The summed E-state index contributed by atoms with van der Waals surface area (Å²) < 4.78 is 17.4. The molecule has 3 aromatic rings. The van der Waals surface area contributed by atoms with Crippen molar-refractivity contribution in [2.24, 2.45) is 4.99 Å². The maximum Gasteiger partial charge on any atom is 0.273 e. The maximum absolute atomic E-state index is 13.7. The molecule has 0 spiro atoms. The highest BCUT2D eigenvalue weighted by atomic mass is 32.2. The van der Waals surface area contributed by atoms with Gasteiger partial charge in [-0.15, -0.1) is 0 Å². The Morgan fingerprint density at radius 3 is 2.57 bits per heavy atom. The number of rotatable bonds is 6. The highest BCUT2D eigenvalue weighted by Crippen LogP contribution is 2.23. The minimum Gasteiger partial charge on any atom is -0.461 e. The zero-order valence-corrected chi connectivity index (χ0v) is 26.5. The SMILES string of the molecule is Cc1cc2cc(NC(=N[C@H]3CCCCN(CC(=O)N4CCCC4)C3=O)NC(=O)c3ccc(C(=O)N4CCS(=O)C4)nc3)ccc2o1. The van der Waals surface area contributed by atoms with E-state index < -0.39 is 22.7 Å². The molecule has 1 unspecified atom stereocenters. The van der Waals surface area contributed by atoms with Gasteiger partial charge in [0.2, 0.25) is 17.8 Å². The Kier molecular flexibility index (Phi) is 9.43. The van der Waals surface area contributed by atoms with Crippen molar-refractivity contribution in [1.82, 2.24) is 25.0 Å². The molecule has 242 valence electrons. The Morgan fingerprint density at radius 2 is 1.83 bits per heavy atom. The van der Waals surface area contributed by atoms with E-state index in [1.807, 2.05) is 25.1 Å². The van der Waals surface area contributed by atoms with E-state index in [9.17, 15) is 23.4 Å². The average Bonchev–Trinajstić information content (AvgIpc) is 3.80. The first-order chi connectivity index (χ1) is 22.2. The number of aromatic nitrogens is 1. The molecule has 2 aromatic heterocycles. The molecular weight excluding hydrogens is 610 g/mol. The van der Waals surface area contributed by atoms with Gasteiger partial charge in [0.05, 0.1) is 18.0 Å². The van der Waals surface area contributed by atoms with Gasteiger partial charge in [-0.1, -0.05) is 0 Å². The van der Waals surface area contributed by atoms with Crippen LogP contribution in [0.25, 0.3) is 11.0 Å². The van der Waals surface area contributed by atoms with E-state index >= 15 is 0 Å². The maximum atomic E-state index is 13.7. The Labute approximate surface area is 268 Å². The number of aryl methyl sites for hydroxylation is 1. The van der Waals surface area contributed by atoms with Crippen LogP contribution in [0.5, 0.6) is 0 Å². The number of guanidine groups is 1. The molecule has 0 bridgehead atoms. The standard InChI is InChI=1S/C32H37N7O6S/c1-21-16-23-17-24(8-10-27(23)45-21)34-32(35-26-6-2-3-13-38(31(26)43)19-28(40)37-11-4-5-12-37)36-29(41)22-7-9-25(33-18-22)30(42)39-14-15-46(44)20-39/h7-10,16-18,26H,2-6,11-15,19-20H2,1H3,(H2,34,35,36,41)/t26-,46?/m0/s1. The van der Waals surface area contributed by atoms with Gasteiger partial charge in [-0.05, 0) is 75.4 Å². The molecule has 0 aliphatic carbocycles. The highest BCUT2D eigenvalue weighted by Gasteiger charge is 2.31. The molecule has 5 heterocycles. The number of amides is 4.